The molecule has 0 aromatic heterocycles. The van der Waals surface area contributed by atoms with E-state index in [4.69, 9.17) is 5.26 Å². The molecule has 0 amide bonds. The Bertz CT molecular complexity index is 593. The maximum absolute atomic E-state index is 13.0. The Morgan fingerprint density at radius 3 is 2.45 bits per heavy atom. The summed E-state index contributed by atoms with van der Waals surface area (Å²) >= 11 is 0. The molecular formula is C13H10F5NO3. The third-order valence-electron chi connectivity index (χ3n) is 2.49. The van der Waals surface area contributed by atoms with Gasteiger partial charge in [0.1, 0.15) is 5.75 Å². The summed E-state index contributed by atoms with van der Waals surface area (Å²) < 4.78 is 72.3. The lowest BCUT2D eigenvalue weighted by Crippen LogP contribution is -2.17. The van der Waals surface area contributed by atoms with Gasteiger partial charge in [-0.3, -0.25) is 4.79 Å². The molecule has 120 valence electrons. The van der Waals surface area contributed by atoms with Crippen molar-refractivity contribution in [2.24, 2.45) is 0 Å². The molecule has 0 saturated heterocycles. The van der Waals surface area contributed by atoms with Crippen LogP contribution in [0.1, 0.15) is 23.6 Å². The van der Waals surface area contributed by atoms with E-state index in [2.05, 4.69) is 9.47 Å². The average Bonchev–Trinajstić information content (AvgIpc) is 2.38. The fraction of sp³-hybridized carbons (Fsp3) is 0.385. The second kappa shape index (κ2) is 7.06. The van der Waals surface area contributed by atoms with Crippen LogP contribution >= 0.6 is 0 Å². The van der Waals surface area contributed by atoms with Gasteiger partial charge in [0.25, 0.3) is 0 Å². The molecule has 1 aromatic carbocycles. The summed E-state index contributed by atoms with van der Waals surface area (Å²) in [5.74, 6) is -1.91. The van der Waals surface area contributed by atoms with Gasteiger partial charge in [-0.2, -0.15) is 27.2 Å². The van der Waals surface area contributed by atoms with E-state index in [9.17, 15) is 26.7 Å². The molecule has 0 aliphatic rings. The Balaban J connectivity index is 3.45. The van der Waals surface area contributed by atoms with Crippen LogP contribution < -0.4 is 4.74 Å². The van der Waals surface area contributed by atoms with Crippen LogP contribution in [0.2, 0.25) is 0 Å². The molecule has 0 heterocycles. The summed E-state index contributed by atoms with van der Waals surface area (Å²) in [5, 5.41) is 8.69. The Morgan fingerprint density at radius 2 is 2.00 bits per heavy atom. The van der Waals surface area contributed by atoms with Gasteiger partial charge in [-0.15, -0.1) is 0 Å². The topological polar surface area (TPSA) is 59.3 Å². The van der Waals surface area contributed by atoms with Crippen LogP contribution in [0.5, 0.6) is 5.75 Å². The highest BCUT2D eigenvalue weighted by atomic mass is 19.4. The molecule has 4 nitrogen and oxygen atoms in total. The number of benzene rings is 1. The SMILES string of the molecule is CCOC(=O)Cc1c(OC(F)F)cc(C#N)cc1C(F)(F)F. The van der Waals surface area contributed by atoms with Crippen molar-refractivity contribution in [1.29, 1.82) is 5.26 Å². The van der Waals surface area contributed by atoms with Crippen molar-refractivity contribution in [1.82, 2.24) is 0 Å². The molecular weight excluding hydrogens is 313 g/mol. The normalized spacial score (nSPS) is 11.2. The van der Waals surface area contributed by atoms with Crippen LogP contribution in [0.25, 0.3) is 0 Å². The Kier molecular flexibility index (Phi) is 5.68. The molecule has 22 heavy (non-hydrogen) atoms. The number of hydrogen-bond acceptors (Lipinski definition) is 4. The Morgan fingerprint density at radius 1 is 1.36 bits per heavy atom. The lowest BCUT2D eigenvalue weighted by Gasteiger charge is -2.17. The first-order chi connectivity index (χ1) is 10.2. The van der Waals surface area contributed by atoms with Crippen molar-refractivity contribution in [3.8, 4) is 11.8 Å². The van der Waals surface area contributed by atoms with E-state index in [1.165, 1.54) is 13.0 Å². The van der Waals surface area contributed by atoms with E-state index < -0.39 is 47.6 Å². The van der Waals surface area contributed by atoms with E-state index in [1.807, 2.05) is 0 Å². The zero-order chi connectivity index (χ0) is 16.9. The van der Waals surface area contributed by atoms with Crippen molar-refractivity contribution in [2.45, 2.75) is 26.1 Å². The third kappa shape index (κ3) is 4.58. The molecule has 0 radical (unpaired) electrons. The molecule has 0 aliphatic heterocycles. The molecule has 0 fully saturated rings. The molecule has 1 aromatic rings. The minimum atomic E-state index is -4.95. The number of carbonyl (C=O) groups excluding carboxylic acids is 1. The standard InChI is InChI=1S/C13H10F5NO3/c1-2-21-11(20)5-8-9(13(16,17)18)3-7(6-19)4-10(8)22-12(14)15/h3-4,12H,2,5H2,1H3. The number of nitriles is 1. The lowest BCUT2D eigenvalue weighted by atomic mass is 9.99. The van der Waals surface area contributed by atoms with Crippen LogP contribution in [0.3, 0.4) is 0 Å². The number of ether oxygens (including phenoxy) is 2. The van der Waals surface area contributed by atoms with Gasteiger partial charge in [-0.05, 0) is 19.1 Å². The summed E-state index contributed by atoms with van der Waals surface area (Å²) in [4.78, 5) is 11.4. The monoisotopic (exact) mass is 323 g/mol. The Labute approximate surface area is 122 Å². The van der Waals surface area contributed by atoms with Gasteiger partial charge in [0.05, 0.1) is 30.2 Å². The van der Waals surface area contributed by atoms with E-state index in [-0.39, 0.29) is 6.61 Å². The van der Waals surface area contributed by atoms with Crippen molar-refractivity contribution in [2.75, 3.05) is 6.61 Å². The smallest absolute Gasteiger partial charge is 0.416 e. The molecule has 0 N–H and O–H groups in total. The minimum absolute atomic E-state index is 0.0818. The predicted octanol–water partition coefficient (Wildman–Crippen LogP) is 3.28. The van der Waals surface area contributed by atoms with E-state index >= 15 is 0 Å². The van der Waals surface area contributed by atoms with Gasteiger partial charge in [-0.1, -0.05) is 0 Å². The van der Waals surface area contributed by atoms with E-state index in [1.54, 1.807) is 0 Å². The molecule has 0 atom stereocenters. The lowest BCUT2D eigenvalue weighted by molar-refractivity contribution is -0.143. The predicted molar refractivity (Wildman–Crippen MR) is 63.1 cm³/mol. The maximum atomic E-state index is 13.0. The number of alkyl halides is 5. The molecule has 0 saturated carbocycles. The molecule has 0 spiro atoms. The van der Waals surface area contributed by atoms with Gasteiger partial charge in [0, 0.05) is 5.56 Å². The zero-order valence-electron chi connectivity index (χ0n) is 11.2. The summed E-state index contributed by atoms with van der Waals surface area (Å²) in [5.41, 5.74) is -2.71. The molecule has 0 unspecified atom stereocenters. The second-order valence-electron chi connectivity index (χ2n) is 3.97. The number of nitrogens with zero attached hydrogens (tertiary/aromatic N) is 1. The third-order valence-corrected chi connectivity index (χ3v) is 2.49. The van der Waals surface area contributed by atoms with Gasteiger partial charge in [0.2, 0.25) is 0 Å². The highest BCUT2D eigenvalue weighted by Crippen LogP contribution is 2.38. The van der Waals surface area contributed by atoms with Crippen molar-refractivity contribution < 1.29 is 36.2 Å². The van der Waals surface area contributed by atoms with Crippen molar-refractivity contribution in [3.05, 3.63) is 28.8 Å². The van der Waals surface area contributed by atoms with Gasteiger partial charge >= 0.3 is 18.8 Å². The molecule has 0 bridgehead atoms. The number of esters is 1. The molecule has 0 aliphatic carbocycles. The highest BCUT2D eigenvalue weighted by molar-refractivity contribution is 5.74. The number of halogens is 5. The number of rotatable bonds is 5. The number of hydrogen-bond donors (Lipinski definition) is 0. The molecule has 9 heteroatoms. The van der Waals surface area contributed by atoms with Crippen LogP contribution in [-0.2, 0) is 22.1 Å². The zero-order valence-corrected chi connectivity index (χ0v) is 11.2. The van der Waals surface area contributed by atoms with Gasteiger partial charge < -0.3 is 9.47 Å². The first-order valence-corrected chi connectivity index (χ1v) is 5.93. The summed E-state index contributed by atoms with van der Waals surface area (Å²) in [6.45, 7) is -2.05. The van der Waals surface area contributed by atoms with Gasteiger partial charge in [0.15, 0.2) is 0 Å². The largest absolute Gasteiger partial charge is 0.466 e. The summed E-state index contributed by atoms with van der Waals surface area (Å²) in [6.07, 6.45) is -5.86. The van der Waals surface area contributed by atoms with Crippen LogP contribution in [0.4, 0.5) is 22.0 Å². The van der Waals surface area contributed by atoms with E-state index in [0.29, 0.717) is 6.07 Å². The highest BCUT2D eigenvalue weighted by Gasteiger charge is 2.36. The Hall–Kier alpha value is -2.37. The average molecular weight is 323 g/mol. The van der Waals surface area contributed by atoms with Crippen LogP contribution in [0, 0.1) is 11.3 Å². The maximum Gasteiger partial charge on any atom is 0.416 e. The first kappa shape index (κ1) is 17.7. The van der Waals surface area contributed by atoms with Crippen molar-refractivity contribution in [3.63, 3.8) is 0 Å². The minimum Gasteiger partial charge on any atom is -0.466 e. The first-order valence-electron chi connectivity index (χ1n) is 5.93. The second-order valence-corrected chi connectivity index (χ2v) is 3.97. The summed E-state index contributed by atoms with van der Waals surface area (Å²) in [7, 11) is 0. The molecule has 1 rings (SSSR count). The quantitative estimate of drug-likeness (QED) is 0.616. The van der Waals surface area contributed by atoms with Crippen LogP contribution in [-0.4, -0.2) is 19.2 Å². The van der Waals surface area contributed by atoms with Gasteiger partial charge in [-0.25, -0.2) is 0 Å². The fourth-order valence-electron chi connectivity index (χ4n) is 1.70. The number of carbonyl (C=O) groups is 1. The van der Waals surface area contributed by atoms with Crippen molar-refractivity contribution >= 4 is 5.97 Å². The summed E-state index contributed by atoms with van der Waals surface area (Å²) in [6, 6.07) is 2.60. The fourth-order valence-corrected chi connectivity index (χ4v) is 1.70. The van der Waals surface area contributed by atoms with E-state index in [0.717, 1.165) is 6.07 Å². The van der Waals surface area contributed by atoms with Crippen LogP contribution in [0.15, 0.2) is 12.1 Å².